The van der Waals surface area contributed by atoms with Gasteiger partial charge in [0.25, 0.3) is 15.7 Å². The molecule has 0 aromatic heterocycles. The lowest BCUT2D eigenvalue weighted by Gasteiger charge is -2.45. The second-order valence-corrected chi connectivity index (χ2v) is 9.13. The Morgan fingerprint density at radius 1 is 1.19 bits per heavy atom. The number of nitro benzene ring substituents is 1. The fraction of sp³-hybridized carbons (Fsp3) is 0.235. The number of alkyl halides is 3. The van der Waals surface area contributed by atoms with Gasteiger partial charge < -0.3 is 4.74 Å². The van der Waals surface area contributed by atoms with Gasteiger partial charge in [0, 0.05) is 16.1 Å². The van der Waals surface area contributed by atoms with Gasteiger partial charge in [-0.1, -0.05) is 28.1 Å². The zero-order valence-electron chi connectivity index (χ0n) is 15.1. The van der Waals surface area contributed by atoms with Gasteiger partial charge in [-0.3, -0.25) is 14.9 Å². The highest BCUT2D eigenvalue weighted by molar-refractivity contribution is 9.10. The Balaban J connectivity index is 2.38. The fourth-order valence-corrected chi connectivity index (χ4v) is 5.39. The van der Waals surface area contributed by atoms with Crippen LogP contribution in [-0.4, -0.2) is 42.9 Å². The molecule has 0 bridgehead atoms. The molecule has 2 aromatic carbocycles. The number of sulfonamides is 1. The molecule has 3 rings (SSSR count). The first-order valence-corrected chi connectivity index (χ1v) is 10.5. The number of carbonyl (C=O) groups is 1. The third-order valence-electron chi connectivity index (χ3n) is 4.61. The van der Waals surface area contributed by atoms with E-state index in [1.807, 2.05) is 0 Å². The lowest BCUT2D eigenvalue weighted by atomic mass is 9.88. The molecule has 0 amide bonds. The third-order valence-corrected chi connectivity index (χ3v) is 7.03. The molecule has 0 N–H and O–H groups in total. The SMILES string of the molecule is O=C1CN(S(=O)(=O)c2ccccc2[N+](=O)[O-])C(c2cc(Br)ccc2F)(C(F)(F)F)CO1. The maximum Gasteiger partial charge on any atom is 0.415 e. The quantitative estimate of drug-likeness (QED) is 0.261. The number of carbonyl (C=O) groups excluding carboxylic acids is 1. The van der Waals surface area contributed by atoms with Crippen molar-refractivity contribution in [3.05, 3.63) is 68.4 Å². The number of cyclic esters (lactones) is 1. The average molecular weight is 527 g/mol. The summed E-state index contributed by atoms with van der Waals surface area (Å²) in [5, 5.41) is 11.3. The molecule has 31 heavy (non-hydrogen) atoms. The van der Waals surface area contributed by atoms with Crippen LogP contribution in [0.1, 0.15) is 5.56 Å². The van der Waals surface area contributed by atoms with Gasteiger partial charge in [-0.15, -0.1) is 0 Å². The summed E-state index contributed by atoms with van der Waals surface area (Å²) in [5.41, 5.74) is -5.81. The van der Waals surface area contributed by atoms with Gasteiger partial charge >= 0.3 is 12.1 Å². The summed E-state index contributed by atoms with van der Waals surface area (Å²) in [4.78, 5) is 20.9. The van der Waals surface area contributed by atoms with Gasteiger partial charge in [0.05, 0.1) is 4.92 Å². The minimum absolute atomic E-state index is 0.00698. The van der Waals surface area contributed by atoms with Gasteiger partial charge in [0.2, 0.25) is 0 Å². The van der Waals surface area contributed by atoms with Gasteiger partial charge in [0.1, 0.15) is 19.0 Å². The van der Waals surface area contributed by atoms with E-state index in [2.05, 4.69) is 20.7 Å². The lowest BCUT2D eigenvalue weighted by molar-refractivity contribution is -0.387. The van der Waals surface area contributed by atoms with E-state index in [1.54, 1.807) is 0 Å². The normalized spacial score (nSPS) is 20.4. The van der Waals surface area contributed by atoms with Gasteiger partial charge in [-0.25, -0.2) is 12.8 Å². The molecule has 1 saturated heterocycles. The number of halogens is 5. The van der Waals surface area contributed by atoms with E-state index in [4.69, 9.17) is 0 Å². The summed E-state index contributed by atoms with van der Waals surface area (Å²) >= 11 is 2.91. The van der Waals surface area contributed by atoms with Crippen LogP contribution in [0.15, 0.2) is 51.8 Å². The van der Waals surface area contributed by atoms with Crippen LogP contribution in [0.5, 0.6) is 0 Å². The number of rotatable bonds is 4. The van der Waals surface area contributed by atoms with Crippen LogP contribution >= 0.6 is 15.9 Å². The predicted octanol–water partition coefficient (Wildman–Crippen LogP) is 3.50. The summed E-state index contributed by atoms with van der Waals surface area (Å²) in [5.74, 6) is -2.75. The number of ether oxygens (including phenoxy) is 1. The second kappa shape index (κ2) is 7.84. The first kappa shape index (κ1) is 23.1. The maximum absolute atomic E-state index is 14.6. The smallest absolute Gasteiger partial charge is 0.415 e. The first-order valence-electron chi connectivity index (χ1n) is 8.26. The van der Waals surface area contributed by atoms with Crippen molar-refractivity contribution in [1.82, 2.24) is 4.31 Å². The standard InChI is InChI=1S/C17H11BrF4N2O6S/c18-10-5-6-12(19)11(7-10)16(17(20,21)22)9-30-15(25)8-23(16)31(28,29)14-4-2-1-3-13(14)24(26)27/h1-7H,8-9H2. The van der Waals surface area contributed by atoms with Crippen LogP contribution in [0.25, 0.3) is 0 Å². The van der Waals surface area contributed by atoms with Crippen molar-refractivity contribution in [2.45, 2.75) is 16.6 Å². The maximum atomic E-state index is 14.6. The van der Waals surface area contributed by atoms with Crippen LogP contribution in [0.3, 0.4) is 0 Å². The molecule has 1 aliphatic rings. The minimum Gasteiger partial charge on any atom is -0.462 e. The van der Waals surface area contributed by atoms with Gasteiger partial charge in [-0.2, -0.15) is 17.5 Å². The highest BCUT2D eigenvalue weighted by Gasteiger charge is 2.67. The average Bonchev–Trinajstić information content (AvgIpc) is 2.69. The molecule has 166 valence electrons. The predicted molar refractivity (Wildman–Crippen MR) is 99.8 cm³/mol. The van der Waals surface area contributed by atoms with E-state index < -0.39 is 67.7 Å². The van der Waals surface area contributed by atoms with Crippen molar-refractivity contribution in [2.24, 2.45) is 0 Å². The van der Waals surface area contributed by atoms with Crippen LogP contribution < -0.4 is 0 Å². The van der Waals surface area contributed by atoms with E-state index in [9.17, 15) is 40.9 Å². The number of benzene rings is 2. The Labute approximate surface area is 180 Å². The molecule has 1 fully saturated rings. The molecule has 1 heterocycles. The van der Waals surface area contributed by atoms with Crippen LogP contribution in [0.4, 0.5) is 23.2 Å². The summed E-state index contributed by atoms with van der Waals surface area (Å²) in [6.07, 6.45) is -5.48. The summed E-state index contributed by atoms with van der Waals surface area (Å²) in [6.45, 7) is -3.03. The Kier molecular flexibility index (Phi) is 5.84. The molecule has 0 spiro atoms. The molecule has 1 aliphatic heterocycles. The van der Waals surface area contributed by atoms with E-state index >= 15 is 0 Å². The molecule has 8 nitrogen and oxygen atoms in total. The minimum atomic E-state index is -5.48. The molecule has 14 heteroatoms. The van der Waals surface area contributed by atoms with Crippen molar-refractivity contribution < 1.29 is 40.4 Å². The van der Waals surface area contributed by atoms with Crippen molar-refractivity contribution >= 4 is 37.6 Å². The molecule has 0 aliphatic carbocycles. The summed E-state index contributed by atoms with van der Waals surface area (Å²) in [6, 6.07) is 6.18. The zero-order valence-corrected chi connectivity index (χ0v) is 17.5. The molecule has 1 unspecified atom stereocenters. The Bertz CT molecular complexity index is 1170. The van der Waals surface area contributed by atoms with Crippen molar-refractivity contribution in [3.63, 3.8) is 0 Å². The van der Waals surface area contributed by atoms with Gasteiger partial charge in [0.15, 0.2) is 10.4 Å². The molecule has 0 saturated carbocycles. The fourth-order valence-electron chi connectivity index (χ4n) is 3.19. The van der Waals surface area contributed by atoms with E-state index in [-0.39, 0.29) is 8.78 Å². The Morgan fingerprint density at radius 2 is 1.84 bits per heavy atom. The van der Waals surface area contributed by atoms with Crippen LogP contribution in [0, 0.1) is 15.9 Å². The number of nitrogens with zero attached hydrogens (tertiary/aromatic N) is 2. The molecule has 2 aromatic rings. The molecule has 0 radical (unpaired) electrons. The Hall–Kier alpha value is -2.58. The Morgan fingerprint density at radius 3 is 2.45 bits per heavy atom. The lowest BCUT2D eigenvalue weighted by Crippen LogP contribution is -2.65. The number of nitro groups is 1. The zero-order chi connectivity index (χ0) is 23.2. The van der Waals surface area contributed by atoms with E-state index in [1.165, 1.54) is 0 Å². The topological polar surface area (TPSA) is 107 Å². The highest BCUT2D eigenvalue weighted by atomic mass is 79.9. The van der Waals surface area contributed by atoms with Crippen molar-refractivity contribution in [1.29, 1.82) is 0 Å². The summed E-state index contributed by atoms with van der Waals surface area (Å²) < 4.78 is 88.8. The summed E-state index contributed by atoms with van der Waals surface area (Å²) in [7, 11) is -5.35. The monoisotopic (exact) mass is 526 g/mol. The van der Waals surface area contributed by atoms with Crippen LogP contribution in [0.2, 0.25) is 0 Å². The highest BCUT2D eigenvalue weighted by Crippen LogP contribution is 2.49. The van der Waals surface area contributed by atoms with Crippen LogP contribution in [-0.2, 0) is 25.1 Å². The second-order valence-electron chi connectivity index (χ2n) is 6.38. The van der Waals surface area contributed by atoms with E-state index in [0.717, 1.165) is 30.3 Å². The molecular weight excluding hydrogens is 516 g/mol. The number of hydrogen-bond donors (Lipinski definition) is 0. The molecular formula is C17H11BrF4N2O6S. The number of para-hydroxylation sites is 1. The van der Waals surface area contributed by atoms with Gasteiger partial charge in [-0.05, 0) is 24.3 Å². The van der Waals surface area contributed by atoms with E-state index in [0.29, 0.717) is 12.1 Å². The van der Waals surface area contributed by atoms with Crippen molar-refractivity contribution in [2.75, 3.05) is 13.2 Å². The first-order chi connectivity index (χ1) is 14.3. The largest absolute Gasteiger partial charge is 0.462 e. The van der Waals surface area contributed by atoms with Crippen molar-refractivity contribution in [3.8, 4) is 0 Å². The number of esters is 1. The third kappa shape index (κ3) is 3.78. The molecule has 1 atom stereocenters. The number of hydrogen-bond acceptors (Lipinski definition) is 6. The number of morpholine rings is 1.